The van der Waals surface area contributed by atoms with E-state index in [2.05, 4.69) is 54.7 Å². The lowest BCUT2D eigenvalue weighted by Crippen LogP contribution is -2.35. The van der Waals surface area contributed by atoms with Crippen LogP contribution in [0.1, 0.15) is 37.8 Å². The minimum atomic E-state index is 0.308. The summed E-state index contributed by atoms with van der Waals surface area (Å²) in [6.45, 7) is 2.53. The van der Waals surface area contributed by atoms with E-state index in [1.807, 2.05) is 0 Å². The van der Waals surface area contributed by atoms with Crippen molar-refractivity contribution in [1.82, 2.24) is 5.32 Å². The Bertz CT molecular complexity index is 580. The van der Waals surface area contributed by atoms with E-state index in [1.165, 1.54) is 29.2 Å². The highest BCUT2D eigenvalue weighted by molar-refractivity contribution is 5.83. The third kappa shape index (κ3) is 2.72. The van der Waals surface area contributed by atoms with E-state index in [4.69, 9.17) is 0 Å². The van der Waals surface area contributed by atoms with E-state index >= 15 is 0 Å². The van der Waals surface area contributed by atoms with Gasteiger partial charge < -0.3 is 10.4 Å². The molecule has 20 heavy (non-hydrogen) atoms. The predicted octanol–water partition coefficient (Wildman–Crippen LogP) is 3.65. The van der Waals surface area contributed by atoms with Crippen LogP contribution in [0.15, 0.2) is 42.5 Å². The summed E-state index contributed by atoms with van der Waals surface area (Å²) in [5.41, 5.74) is 1.33. The average molecular weight is 269 g/mol. The van der Waals surface area contributed by atoms with Gasteiger partial charge in [-0.3, -0.25) is 0 Å². The highest BCUT2D eigenvalue weighted by atomic mass is 16.3. The maximum atomic E-state index is 9.42. The summed E-state index contributed by atoms with van der Waals surface area (Å²) in [4.78, 5) is 0. The molecule has 0 aromatic heterocycles. The van der Waals surface area contributed by atoms with Crippen molar-refractivity contribution in [3.8, 4) is 0 Å². The first-order chi connectivity index (χ1) is 9.78. The number of nitrogens with one attached hydrogen (secondary N) is 1. The molecule has 1 aliphatic rings. The Morgan fingerprint density at radius 2 is 1.95 bits per heavy atom. The van der Waals surface area contributed by atoms with Crippen molar-refractivity contribution in [2.45, 2.75) is 38.3 Å². The first kappa shape index (κ1) is 13.6. The highest BCUT2D eigenvalue weighted by Crippen LogP contribution is 2.28. The van der Waals surface area contributed by atoms with Gasteiger partial charge in [-0.15, -0.1) is 0 Å². The fourth-order valence-electron chi connectivity index (χ4n) is 3.37. The van der Waals surface area contributed by atoms with Gasteiger partial charge in [-0.25, -0.2) is 0 Å². The molecule has 1 saturated carbocycles. The minimum Gasteiger partial charge on any atom is -0.396 e. The lowest BCUT2D eigenvalue weighted by Gasteiger charge is -2.24. The number of benzene rings is 2. The van der Waals surface area contributed by atoms with Crippen molar-refractivity contribution in [2.75, 3.05) is 6.61 Å². The normalized spacial score (nSPS) is 24.1. The van der Waals surface area contributed by atoms with Crippen LogP contribution in [0.25, 0.3) is 10.8 Å². The number of fused-ring (bicyclic) bond motifs is 1. The van der Waals surface area contributed by atoms with Crippen LogP contribution in [-0.4, -0.2) is 17.8 Å². The zero-order valence-electron chi connectivity index (χ0n) is 12.0. The van der Waals surface area contributed by atoms with Gasteiger partial charge in [-0.05, 0) is 48.1 Å². The topological polar surface area (TPSA) is 32.3 Å². The lowest BCUT2D eigenvalue weighted by atomic mass is 9.99. The Morgan fingerprint density at radius 1 is 1.15 bits per heavy atom. The van der Waals surface area contributed by atoms with Crippen LogP contribution in [0.3, 0.4) is 0 Å². The van der Waals surface area contributed by atoms with Gasteiger partial charge in [-0.1, -0.05) is 42.8 Å². The van der Waals surface area contributed by atoms with Crippen molar-refractivity contribution in [2.24, 2.45) is 5.92 Å². The quantitative estimate of drug-likeness (QED) is 0.888. The summed E-state index contributed by atoms with van der Waals surface area (Å²) in [7, 11) is 0. The van der Waals surface area contributed by atoms with Crippen molar-refractivity contribution < 1.29 is 5.11 Å². The van der Waals surface area contributed by atoms with E-state index in [1.54, 1.807) is 0 Å². The smallest absolute Gasteiger partial charge is 0.0474 e. The monoisotopic (exact) mass is 269 g/mol. The average Bonchev–Trinajstić information content (AvgIpc) is 2.94. The first-order valence-electron chi connectivity index (χ1n) is 7.63. The van der Waals surface area contributed by atoms with E-state index in [0.29, 0.717) is 24.6 Å². The van der Waals surface area contributed by atoms with Crippen LogP contribution in [0.2, 0.25) is 0 Å². The Kier molecular flexibility index (Phi) is 4.04. The van der Waals surface area contributed by atoms with Crippen LogP contribution in [0.4, 0.5) is 0 Å². The summed E-state index contributed by atoms with van der Waals surface area (Å²) in [6.07, 6.45) is 3.56. The zero-order chi connectivity index (χ0) is 13.9. The van der Waals surface area contributed by atoms with Crippen molar-refractivity contribution in [3.05, 3.63) is 48.0 Å². The van der Waals surface area contributed by atoms with Gasteiger partial charge in [0.05, 0.1) is 0 Å². The van der Waals surface area contributed by atoms with Crippen LogP contribution >= 0.6 is 0 Å². The van der Waals surface area contributed by atoms with E-state index in [0.717, 1.165) is 6.42 Å². The SMILES string of the molecule is CC(NC1CCCC1CO)c1ccc2ccccc2c1. The molecule has 106 valence electrons. The van der Waals surface area contributed by atoms with Gasteiger partial charge in [0.1, 0.15) is 0 Å². The maximum absolute atomic E-state index is 9.42. The highest BCUT2D eigenvalue weighted by Gasteiger charge is 2.27. The third-order valence-corrected chi connectivity index (χ3v) is 4.63. The molecule has 2 aromatic carbocycles. The van der Waals surface area contributed by atoms with Gasteiger partial charge in [0.25, 0.3) is 0 Å². The predicted molar refractivity (Wildman–Crippen MR) is 83.7 cm³/mol. The van der Waals surface area contributed by atoms with Crippen molar-refractivity contribution in [3.63, 3.8) is 0 Å². The summed E-state index contributed by atoms with van der Waals surface area (Å²) < 4.78 is 0. The lowest BCUT2D eigenvalue weighted by molar-refractivity contribution is 0.200. The van der Waals surface area contributed by atoms with Crippen molar-refractivity contribution >= 4 is 10.8 Å². The second-order valence-electron chi connectivity index (χ2n) is 5.97. The molecule has 3 rings (SSSR count). The number of hydrogen-bond donors (Lipinski definition) is 2. The molecule has 0 spiro atoms. The van der Waals surface area contributed by atoms with Gasteiger partial charge in [0, 0.05) is 18.7 Å². The van der Waals surface area contributed by atoms with E-state index in [9.17, 15) is 5.11 Å². The molecule has 0 amide bonds. The van der Waals surface area contributed by atoms with Crippen molar-refractivity contribution in [1.29, 1.82) is 0 Å². The van der Waals surface area contributed by atoms with Gasteiger partial charge in [-0.2, -0.15) is 0 Å². The molecule has 3 atom stereocenters. The fourth-order valence-corrected chi connectivity index (χ4v) is 3.37. The number of aliphatic hydroxyl groups excluding tert-OH is 1. The van der Waals surface area contributed by atoms with Crippen LogP contribution in [0, 0.1) is 5.92 Å². The molecule has 1 aliphatic carbocycles. The number of rotatable bonds is 4. The fraction of sp³-hybridized carbons (Fsp3) is 0.444. The minimum absolute atomic E-state index is 0.308. The Labute approximate surface area is 120 Å². The zero-order valence-corrected chi connectivity index (χ0v) is 12.0. The van der Waals surface area contributed by atoms with Gasteiger partial charge >= 0.3 is 0 Å². The summed E-state index contributed by atoms with van der Waals surface area (Å²) in [5, 5.41) is 15.7. The van der Waals surface area contributed by atoms with Gasteiger partial charge in [0.15, 0.2) is 0 Å². The molecular formula is C18H23NO. The Balaban J connectivity index is 1.76. The summed E-state index contributed by atoms with van der Waals surface area (Å²) in [6, 6.07) is 15.9. The number of aliphatic hydroxyl groups is 1. The molecule has 2 N–H and O–H groups in total. The number of hydrogen-bond acceptors (Lipinski definition) is 2. The second-order valence-corrected chi connectivity index (χ2v) is 5.97. The summed E-state index contributed by atoms with van der Waals surface area (Å²) in [5.74, 6) is 0.429. The first-order valence-corrected chi connectivity index (χ1v) is 7.63. The third-order valence-electron chi connectivity index (χ3n) is 4.63. The Hall–Kier alpha value is -1.38. The maximum Gasteiger partial charge on any atom is 0.0474 e. The molecule has 1 fully saturated rings. The molecule has 0 heterocycles. The molecular weight excluding hydrogens is 246 g/mol. The molecule has 0 saturated heterocycles. The summed E-state index contributed by atoms with van der Waals surface area (Å²) >= 11 is 0. The molecule has 0 aliphatic heterocycles. The molecule has 0 bridgehead atoms. The molecule has 2 nitrogen and oxygen atoms in total. The Morgan fingerprint density at radius 3 is 2.75 bits per heavy atom. The van der Waals surface area contributed by atoms with Crippen LogP contribution in [-0.2, 0) is 0 Å². The molecule has 2 heteroatoms. The van der Waals surface area contributed by atoms with E-state index < -0.39 is 0 Å². The molecule has 0 radical (unpaired) electrons. The van der Waals surface area contributed by atoms with Gasteiger partial charge in [0.2, 0.25) is 0 Å². The van der Waals surface area contributed by atoms with E-state index in [-0.39, 0.29) is 0 Å². The molecule has 3 unspecified atom stereocenters. The van der Waals surface area contributed by atoms with Crippen LogP contribution in [0.5, 0.6) is 0 Å². The molecule has 2 aromatic rings. The largest absolute Gasteiger partial charge is 0.396 e. The van der Waals surface area contributed by atoms with Crippen LogP contribution < -0.4 is 5.32 Å². The second kappa shape index (κ2) is 5.94. The standard InChI is InChI=1S/C18H23NO/c1-13(19-18-8-4-7-17(18)12-20)15-10-9-14-5-2-3-6-16(14)11-15/h2-3,5-6,9-11,13,17-20H,4,7-8,12H2,1H3.